The Morgan fingerprint density at radius 1 is 1.06 bits per heavy atom. The predicted molar refractivity (Wildman–Crippen MR) is 120 cm³/mol. The maximum absolute atomic E-state index is 14.2. The number of carbonyl (C=O) groups excluding carboxylic acids is 1. The van der Waals surface area contributed by atoms with E-state index in [1.165, 1.54) is 18.6 Å². The molecule has 1 aliphatic carbocycles. The minimum absolute atomic E-state index is 0.0905. The summed E-state index contributed by atoms with van der Waals surface area (Å²) in [4.78, 5) is 17.4. The highest BCUT2D eigenvalue weighted by molar-refractivity contribution is 6.00. The second-order valence-corrected chi connectivity index (χ2v) is 8.01. The minimum atomic E-state index is -3.93. The van der Waals surface area contributed by atoms with Crippen LogP contribution in [0.1, 0.15) is 56.6 Å². The highest BCUT2D eigenvalue weighted by Gasteiger charge is 2.42. The molecule has 0 unspecified atom stereocenters. The normalized spacial score (nSPS) is 15.3. The van der Waals surface area contributed by atoms with Gasteiger partial charge in [-0.3, -0.25) is 4.79 Å². The van der Waals surface area contributed by atoms with Gasteiger partial charge in [-0.2, -0.15) is 8.78 Å². The van der Waals surface area contributed by atoms with Crippen LogP contribution in [0.15, 0.2) is 59.8 Å². The summed E-state index contributed by atoms with van der Waals surface area (Å²) in [6.45, 7) is 2.53. The molecule has 0 aliphatic heterocycles. The molecule has 3 rings (SSSR count). The number of hydrogen-bond donors (Lipinski definition) is 1. The fraction of sp³-hybridized carbons (Fsp3) is 0.440. The zero-order valence-electron chi connectivity index (χ0n) is 18.4. The molecule has 0 radical (unpaired) electrons. The maximum atomic E-state index is 14.2. The first-order chi connectivity index (χ1) is 15.5. The van der Waals surface area contributed by atoms with Gasteiger partial charge in [0.1, 0.15) is 12.4 Å². The molecule has 0 saturated heterocycles. The van der Waals surface area contributed by atoms with Crippen molar-refractivity contribution < 1.29 is 23.1 Å². The second kappa shape index (κ2) is 11.6. The van der Waals surface area contributed by atoms with Crippen LogP contribution in [0, 0.1) is 5.92 Å². The Balaban J connectivity index is 1.53. The summed E-state index contributed by atoms with van der Waals surface area (Å²) in [6, 6.07) is 15.7. The van der Waals surface area contributed by atoms with Crippen LogP contribution in [-0.2, 0) is 16.2 Å². The van der Waals surface area contributed by atoms with Gasteiger partial charge in [0, 0.05) is 6.54 Å². The number of benzene rings is 2. The van der Waals surface area contributed by atoms with Gasteiger partial charge in [0.25, 0.3) is 0 Å². The maximum Gasteiger partial charge on any atom is 0.482 e. The summed E-state index contributed by atoms with van der Waals surface area (Å²) in [5.41, 5.74) is 2.42. The summed E-state index contributed by atoms with van der Waals surface area (Å²) in [5, 5.41) is 6.51. The molecule has 32 heavy (non-hydrogen) atoms. The Morgan fingerprint density at radius 2 is 1.75 bits per heavy atom. The van der Waals surface area contributed by atoms with E-state index in [0.29, 0.717) is 18.7 Å². The standard InChI is InChI=1S/C25H30F2N2O3/c1-2-23(29-31-18-20-11-7-4-8-12-20)21-13-15-22(16-14-21)32-25(26,27)24(30)28-17-19-9-5-3-6-10-19/h4,7-8,11-16,19H,2-3,5-6,9-10,17-18H2,1H3,(H,28,30)/b29-23+. The van der Waals surface area contributed by atoms with Gasteiger partial charge < -0.3 is 14.9 Å². The SMILES string of the molecule is CC/C(=N\OCc1ccccc1)c1ccc(OC(F)(F)C(=O)NCC2CCCCC2)cc1. The van der Waals surface area contributed by atoms with Crippen molar-refractivity contribution in [2.24, 2.45) is 11.1 Å². The lowest BCUT2D eigenvalue weighted by Gasteiger charge is -2.23. The van der Waals surface area contributed by atoms with Crippen LogP contribution < -0.4 is 10.1 Å². The highest BCUT2D eigenvalue weighted by Crippen LogP contribution is 2.25. The molecular weight excluding hydrogens is 414 g/mol. The third kappa shape index (κ3) is 7.04. The van der Waals surface area contributed by atoms with Gasteiger partial charge in [-0.1, -0.05) is 61.7 Å². The molecule has 0 heterocycles. The van der Waals surface area contributed by atoms with E-state index in [4.69, 9.17) is 9.57 Å². The number of rotatable bonds is 10. The van der Waals surface area contributed by atoms with E-state index in [1.807, 2.05) is 37.3 Å². The van der Waals surface area contributed by atoms with Gasteiger partial charge in [0.2, 0.25) is 0 Å². The lowest BCUT2D eigenvalue weighted by atomic mass is 9.89. The topological polar surface area (TPSA) is 59.9 Å². The average Bonchev–Trinajstić information content (AvgIpc) is 2.82. The molecule has 7 heteroatoms. The number of carbonyl (C=O) groups is 1. The molecule has 5 nitrogen and oxygen atoms in total. The van der Waals surface area contributed by atoms with Crippen LogP contribution in [0.3, 0.4) is 0 Å². The molecule has 0 aromatic heterocycles. The van der Waals surface area contributed by atoms with Crippen molar-refractivity contribution in [3.63, 3.8) is 0 Å². The molecule has 1 saturated carbocycles. The lowest BCUT2D eigenvalue weighted by Crippen LogP contribution is -2.46. The van der Waals surface area contributed by atoms with E-state index in [-0.39, 0.29) is 18.2 Å². The molecule has 2 aromatic carbocycles. The van der Waals surface area contributed by atoms with Crippen molar-refractivity contribution in [1.29, 1.82) is 0 Å². The van der Waals surface area contributed by atoms with E-state index in [1.54, 1.807) is 12.1 Å². The first-order valence-electron chi connectivity index (χ1n) is 11.2. The zero-order valence-corrected chi connectivity index (χ0v) is 18.4. The fourth-order valence-corrected chi connectivity index (χ4v) is 3.72. The summed E-state index contributed by atoms with van der Waals surface area (Å²) in [5.74, 6) is -1.23. The molecule has 0 atom stereocenters. The second-order valence-electron chi connectivity index (χ2n) is 8.01. The first kappa shape index (κ1) is 23.7. The van der Waals surface area contributed by atoms with Crippen molar-refractivity contribution >= 4 is 11.6 Å². The van der Waals surface area contributed by atoms with Crippen molar-refractivity contribution in [3.05, 3.63) is 65.7 Å². The smallest absolute Gasteiger partial charge is 0.425 e. The van der Waals surface area contributed by atoms with Gasteiger partial charge in [-0.05, 0) is 60.6 Å². The number of nitrogens with zero attached hydrogens (tertiary/aromatic N) is 1. The Labute approximate surface area is 187 Å². The number of halogens is 2. The van der Waals surface area contributed by atoms with Gasteiger partial charge in [0.15, 0.2) is 0 Å². The molecule has 1 amide bonds. The quantitative estimate of drug-likeness (QED) is 0.379. The Bertz CT molecular complexity index is 880. The molecule has 172 valence electrons. The molecule has 1 fully saturated rings. The zero-order chi connectivity index (χ0) is 22.8. The Hall–Kier alpha value is -2.96. The van der Waals surface area contributed by atoms with E-state index in [2.05, 4.69) is 10.5 Å². The molecule has 0 spiro atoms. The lowest BCUT2D eigenvalue weighted by molar-refractivity contribution is -0.193. The first-order valence-corrected chi connectivity index (χ1v) is 11.2. The summed E-state index contributed by atoms with van der Waals surface area (Å²) < 4.78 is 33.2. The third-order valence-electron chi connectivity index (χ3n) is 5.56. The van der Waals surface area contributed by atoms with Crippen molar-refractivity contribution in [2.75, 3.05) is 6.54 Å². The Kier molecular flexibility index (Phi) is 8.59. The van der Waals surface area contributed by atoms with Crippen LogP contribution in [0.4, 0.5) is 8.78 Å². The number of ether oxygens (including phenoxy) is 1. The van der Waals surface area contributed by atoms with Crippen LogP contribution in [0.2, 0.25) is 0 Å². The minimum Gasteiger partial charge on any atom is -0.425 e. The summed E-state index contributed by atoms with van der Waals surface area (Å²) >= 11 is 0. The molecule has 2 aromatic rings. The van der Waals surface area contributed by atoms with Gasteiger partial charge in [-0.15, -0.1) is 0 Å². The van der Waals surface area contributed by atoms with Crippen molar-refractivity contribution in [2.45, 2.75) is 58.2 Å². The van der Waals surface area contributed by atoms with Crippen molar-refractivity contribution in [3.8, 4) is 5.75 Å². The van der Waals surface area contributed by atoms with Gasteiger partial charge in [0.05, 0.1) is 5.71 Å². The largest absolute Gasteiger partial charge is 0.482 e. The van der Waals surface area contributed by atoms with Crippen LogP contribution >= 0.6 is 0 Å². The third-order valence-corrected chi connectivity index (χ3v) is 5.56. The molecular formula is C25H30F2N2O3. The number of amides is 1. The fourth-order valence-electron chi connectivity index (χ4n) is 3.72. The van der Waals surface area contributed by atoms with Crippen LogP contribution in [-0.4, -0.2) is 24.3 Å². The number of hydrogen-bond acceptors (Lipinski definition) is 4. The molecule has 0 bridgehead atoms. The number of oxime groups is 1. The average molecular weight is 445 g/mol. The summed E-state index contributed by atoms with van der Waals surface area (Å²) in [6.07, 6.45) is 1.93. The Morgan fingerprint density at radius 3 is 2.41 bits per heavy atom. The van der Waals surface area contributed by atoms with E-state index in [0.717, 1.165) is 36.8 Å². The van der Waals surface area contributed by atoms with Crippen LogP contribution in [0.5, 0.6) is 5.75 Å². The van der Waals surface area contributed by atoms with Crippen LogP contribution in [0.25, 0.3) is 0 Å². The van der Waals surface area contributed by atoms with E-state index in [9.17, 15) is 13.6 Å². The number of alkyl halides is 2. The van der Waals surface area contributed by atoms with Gasteiger partial charge >= 0.3 is 12.0 Å². The van der Waals surface area contributed by atoms with E-state index >= 15 is 0 Å². The van der Waals surface area contributed by atoms with E-state index < -0.39 is 12.0 Å². The number of nitrogens with one attached hydrogen (secondary N) is 1. The summed E-state index contributed by atoms with van der Waals surface area (Å²) in [7, 11) is 0. The monoisotopic (exact) mass is 444 g/mol. The van der Waals surface area contributed by atoms with Gasteiger partial charge in [-0.25, -0.2) is 0 Å². The highest BCUT2D eigenvalue weighted by atomic mass is 19.3. The predicted octanol–water partition coefficient (Wildman–Crippen LogP) is 5.69. The molecule has 1 N–H and O–H groups in total. The molecule has 1 aliphatic rings. The van der Waals surface area contributed by atoms with Crippen molar-refractivity contribution in [1.82, 2.24) is 5.32 Å².